The van der Waals surface area contributed by atoms with Gasteiger partial charge in [0.05, 0.1) is 5.56 Å². The summed E-state index contributed by atoms with van der Waals surface area (Å²) in [6, 6.07) is 5.00. The van der Waals surface area contributed by atoms with Crippen molar-refractivity contribution in [2.45, 2.75) is 26.2 Å². The Morgan fingerprint density at radius 1 is 1.45 bits per heavy atom. The molecule has 20 heavy (non-hydrogen) atoms. The topological polar surface area (TPSA) is 51.0 Å². The van der Waals surface area contributed by atoms with Crippen molar-refractivity contribution in [3.63, 3.8) is 0 Å². The second kappa shape index (κ2) is 5.71. The molecule has 2 heterocycles. The van der Waals surface area contributed by atoms with Crippen molar-refractivity contribution in [1.29, 1.82) is 0 Å². The molecule has 3 rings (SSSR count). The second-order valence-corrected chi connectivity index (χ2v) is 5.42. The molecule has 2 aromatic rings. The third kappa shape index (κ3) is 2.88. The first kappa shape index (κ1) is 13.2. The van der Waals surface area contributed by atoms with Crippen LogP contribution in [0, 0.1) is 18.7 Å². The summed E-state index contributed by atoms with van der Waals surface area (Å²) >= 11 is 0. The maximum Gasteiger partial charge on any atom is 0.260 e. The number of nitrogens with zero attached hydrogens (tertiary/aromatic N) is 2. The Morgan fingerprint density at radius 3 is 3.10 bits per heavy atom. The van der Waals surface area contributed by atoms with Crippen molar-refractivity contribution in [2.24, 2.45) is 5.92 Å². The van der Waals surface area contributed by atoms with Crippen molar-refractivity contribution in [1.82, 2.24) is 15.5 Å². The van der Waals surface area contributed by atoms with Crippen LogP contribution in [-0.4, -0.2) is 23.2 Å². The van der Waals surface area contributed by atoms with Gasteiger partial charge in [-0.15, -0.1) is 0 Å². The van der Waals surface area contributed by atoms with Gasteiger partial charge < -0.3 is 9.84 Å². The van der Waals surface area contributed by atoms with E-state index >= 15 is 0 Å². The summed E-state index contributed by atoms with van der Waals surface area (Å²) in [6.07, 6.45) is 3.14. The first-order valence-electron chi connectivity index (χ1n) is 7.02. The molecular formula is C15H18FN3O. The standard InChI is InChI=1S/C15H18FN3O/c1-10-4-5-12(13(16)7-10)15-18-14(19-20-15)8-11-3-2-6-17-9-11/h4-5,7,11,17H,2-3,6,8-9H2,1H3. The molecule has 1 N–H and O–H groups in total. The van der Waals surface area contributed by atoms with Crippen LogP contribution in [0.25, 0.3) is 11.5 Å². The van der Waals surface area contributed by atoms with Gasteiger partial charge in [-0.25, -0.2) is 4.39 Å². The minimum Gasteiger partial charge on any atom is -0.334 e. The molecule has 1 fully saturated rings. The third-order valence-corrected chi connectivity index (χ3v) is 3.69. The maximum atomic E-state index is 13.9. The fraction of sp³-hybridized carbons (Fsp3) is 0.467. The Balaban J connectivity index is 1.75. The van der Waals surface area contributed by atoms with Gasteiger partial charge in [0, 0.05) is 6.42 Å². The highest BCUT2D eigenvalue weighted by Gasteiger charge is 2.18. The van der Waals surface area contributed by atoms with E-state index in [1.54, 1.807) is 6.07 Å². The molecule has 0 spiro atoms. The number of hydrogen-bond donors (Lipinski definition) is 1. The van der Waals surface area contributed by atoms with E-state index in [2.05, 4.69) is 15.5 Å². The lowest BCUT2D eigenvalue weighted by atomic mass is 9.96. The zero-order chi connectivity index (χ0) is 13.9. The van der Waals surface area contributed by atoms with Crippen LogP contribution < -0.4 is 5.32 Å². The van der Waals surface area contributed by atoms with Crippen LogP contribution in [0.2, 0.25) is 0 Å². The van der Waals surface area contributed by atoms with Gasteiger partial charge in [-0.05, 0) is 56.5 Å². The van der Waals surface area contributed by atoms with Crippen molar-refractivity contribution in [2.75, 3.05) is 13.1 Å². The highest BCUT2D eigenvalue weighted by molar-refractivity contribution is 5.54. The summed E-state index contributed by atoms with van der Waals surface area (Å²) in [5.41, 5.74) is 1.25. The van der Waals surface area contributed by atoms with Crippen molar-refractivity contribution < 1.29 is 8.91 Å². The quantitative estimate of drug-likeness (QED) is 0.935. The van der Waals surface area contributed by atoms with E-state index in [1.165, 1.54) is 18.9 Å². The fourth-order valence-corrected chi connectivity index (χ4v) is 2.60. The normalized spacial score (nSPS) is 19.2. The first-order valence-corrected chi connectivity index (χ1v) is 7.02. The minimum absolute atomic E-state index is 0.265. The molecule has 1 aliphatic heterocycles. The number of nitrogens with one attached hydrogen (secondary N) is 1. The molecule has 1 saturated heterocycles. The molecule has 0 bridgehead atoms. The van der Waals surface area contributed by atoms with Gasteiger partial charge in [0.15, 0.2) is 5.82 Å². The number of halogens is 1. The van der Waals surface area contributed by atoms with E-state index in [-0.39, 0.29) is 11.7 Å². The summed E-state index contributed by atoms with van der Waals surface area (Å²) in [5, 5.41) is 7.33. The average molecular weight is 275 g/mol. The van der Waals surface area contributed by atoms with Crippen molar-refractivity contribution in [3.05, 3.63) is 35.4 Å². The molecule has 0 radical (unpaired) electrons. The molecule has 106 valence electrons. The summed E-state index contributed by atoms with van der Waals surface area (Å²) < 4.78 is 19.1. The van der Waals surface area contributed by atoms with Crippen LogP contribution in [0.5, 0.6) is 0 Å². The van der Waals surface area contributed by atoms with Crippen LogP contribution in [-0.2, 0) is 6.42 Å². The number of hydrogen-bond acceptors (Lipinski definition) is 4. The lowest BCUT2D eigenvalue weighted by Crippen LogP contribution is -2.31. The van der Waals surface area contributed by atoms with Crippen LogP contribution in [0.1, 0.15) is 24.2 Å². The first-order chi connectivity index (χ1) is 9.72. The van der Waals surface area contributed by atoms with Crippen LogP contribution in [0.15, 0.2) is 22.7 Å². The fourth-order valence-electron chi connectivity index (χ4n) is 2.60. The van der Waals surface area contributed by atoms with Gasteiger partial charge in [0.2, 0.25) is 0 Å². The number of benzene rings is 1. The monoisotopic (exact) mass is 275 g/mol. The molecule has 1 aromatic heterocycles. The predicted octanol–water partition coefficient (Wildman–Crippen LogP) is 2.73. The molecule has 1 atom stereocenters. The van der Waals surface area contributed by atoms with Crippen molar-refractivity contribution in [3.8, 4) is 11.5 Å². The van der Waals surface area contributed by atoms with Crippen LogP contribution >= 0.6 is 0 Å². The summed E-state index contributed by atoms with van der Waals surface area (Å²) in [4.78, 5) is 4.32. The lowest BCUT2D eigenvalue weighted by Gasteiger charge is -2.20. The molecule has 0 amide bonds. The molecule has 0 aliphatic carbocycles. The summed E-state index contributed by atoms with van der Waals surface area (Å²) in [5.74, 6) is 1.14. The number of aromatic nitrogens is 2. The number of aryl methyl sites for hydroxylation is 1. The second-order valence-electron chi connectivity index (χ2n) is 5.42. The summed E-state index contributed by atoms with van der Waals surface area (Å²) in [7, 11) is 0. The maximum absolute atomic E-state index is 13.9. The van der Waals surface area contributed by atoms with Crippen LogP contribution in [0.3, 0.4) is 0 Å². The molecule has 4 nitrogen and oxygen atoms in total. The van der Waals surface area contributed by atoms with E-state index in [1.807, 2.05) is 13.0 Å². The predicted molar refractivity (Wildman–Crippen MR) is 73.7 cm³/mol. The van der Waals surface area contributed by atoms with Gasteiger partial charge in [0.1, 0.15) is 5.82 Å². The third-order valence-electron chi connectivity index (χ3n) is 3.69. The largest absolute Gasteiger partial charge is 0.334 e. The number of piperidine rings is 1. The molecule has 5 heteroatoms. The smallest absolute Gasteiger partial charge is 0.260 e. The Morgan fingerprint density at radius 2 is 2.35 bits per heavy atom. The van der Waals surface area contributed by atoms with E-state index in [0.717, 1.165) is 25.1 Å². The van der Waals surface area contributed by atoms with Gasteiger partial charge in [0.25, 0.3) is 5.89 Å². The zero-order valence-corrected chi connectivity index (χ0v) is 11.5. The van der Waals surface area contributed by atoms with Gasteiger partial charge in [-0.3, -0.25) is 0 Å². The van der Waals surface area contributed by atoms with Gasteiger partial charge in [-0.1, -0.05) is 11.2 Å². The highest BCUT2D eigenvalue weighted by atomic mass is 19.1. The molecule has 1 aliphatic rings. The van der Waals surface area contributed by atoms with Crippen molar-refractivity contribution >= 4 is 0 Å². The molecular weight excluding hydrogens is 257 g/mol. The Labute approximate surface area is 117 Å². The zero-order valence-electron chi connectivity index (χ0n) is 11.5. The molecule has 1 aromatic carbocycles. The SMILES string of the molecule is Cc1ccc(-c2nc(CC3CCCNC3)no2)c(F)c1. The minimum atomic E-state index is -0.320. The highest BCUT2D eigenvalue weighted by Crippen LogP contribution is 2.23. The Hall–Kier alpha value is -1.75. The number of rotatable bonds is 3. The van der Waals surface area contributed by atoms with E-state index in [9.17, 15) is 4.39 Å². The average Bonchev–Trinajstić information content (AvgIpc) is 2.88. The Kier molecular flexibility index (Phi) is 3.78. The van der Waals surface area contributed by atoms with Gasteiger partial charge in [-0.2, -0.15) is 4.98 Å². The molecule has 1 unspecified atom stereocenters. The van der Waals surface area contributed by atoms with Gasteiger partial charge >= 0.3 is 0 Å². The van der Waals surface area contributed by atoms with E-state index in [4.69, 9.17) is 4.52 Å². The van der Waals surface area contributed by atoms with E-state index < -0.39 is 0 Å². The summed E-state index contributed by atoms with van der Waals surface area (Å²) in [6.45, 7) is 3.92. The molecule has 0 saturated carbocycles. The lowest BCUT2D eigenvalue weighted by molar-refractivity contribution is 0.359. The van der Waals surface area contributed by atoms with Crippen LogP contribution in [0.4, 0.5) is 4.39 Å². The Bertz CT molecular complexity index is 591. The van der Waals surface area contributed by atoms with E-state index in [0.29, 0.717) is 17.3 Å².